The fourth-order valence-corrected chi connectivity index (χ4v) is 2.99. The van der Waals surface area contributed by atoms with Crippen molar-refractivity contribution < 1.29 is 14.3 Å². The van der Waals surface area contributed by atoms with Crippen LogP contribution >= 0.6 is 0 Å². The van der Waals surface area contributed by atoms with Gasteiger partial charge in [-0.3, -0.25) is 0 Å². The third kappa shape index (κ3) is 2.94. The Morgan fingerprint density at radius 3 is 2.92 bits per heavy atom. The predicted molar refractivity (Wildman–Crippen MR) is 93.7 cm³/mol. The van der Waals surface area contributed by atoms with Crippen molar-refractivity contribution in [3.05, 3.63) is 42.1 Å². The zero-order valence-corrected chi connectivity index (χ0v) is 13.9. The lowest BCUT2D eigenvalue weighted by atomic mass is 10.2. The highest BCUT2D eigenvalue weighted by Gasteiger charge is 2.19. The Balaban J connectivity index is 1.76. The number of nitrogens with one attached hydrogen (secondary N) is 1. The third-order valence-corrected chi connectivity index (χ3v) is 4.26. The number of benzene rings is 1. The summed E-state index contributed by atoms with van der Waals surface area (Å²) in [4.78, 5) is 26.4. The molecule has 0 saturated carbocycles. The molecule has 2 aromatic heterocycles. The van der Waals surface area contributed by atoms with Gasteiger partial charge in [0.25, 0.3) is 0 Å². The number of anilines is 1. The molecular formula is C18H18N4O3. The lowest BCUT2D eigenvalue weighted by Crippen LogP contribution is -2.37. The minimum absolute atomic E-state index is 0.367. The van der Waals surface area contributed by atoms with Crippen molar-refractivity contribution in [1.82, 2.24) is 15.0 Å². The zero-order chi connectivity index (χ0) is 17.2. The van der Waals surface area contributed by atoms with Crippen molar-refractivity contribution in [3.63, 3.8) is 0 Å². The largest absolute Gasteiger partial charge is 0.465 e. The van der Waals surface area contributed by atoms with Crippen LogP contribution < -0.4 is 4.90 Å². The monoisotopic (exact) mass is 338 g/mol. The summed E-state index contributed by atoms with van der Waals surface area (Å²) < 4.78 is 10.2. The lowest BCUT2D eigenvalue weighted by Gasteiger charge is -2.29. The number of rotatable bonds is 3. The summed E-state index contributed by atoms with van der Waals surface area (Å²) in [7, 11) is 1.37. The van der Waals surface area contributed by atoms with Gasteiger partial charge in [-0.2, -0.15) is 0 Å². The van der Waals surface area contributed by atoms with Gasteiger partial charge in [0, 0.05) is 19.3 Å². The summed E-state index contributed by atoms with van der Waals surface area (Å²) in [6.45, 7) is 2.99. The van der Waals surface area contributed by atoms with E-state index < -0.39 is 0 Å². The molecule has 0 unspecified atom stereocenters. The molecule has 3 aromatic rings. The third-order valence-electron chi connectivity index (χ3n) is 4.26. The fraction of sp³-hybridized carbons (Fsp3) is 0.278. The van der Waals surface area contributed by atoms with Crippen molar-refractivity contribution in [3.8, 4) is 11.4 Å². The van der Waals surface area contributed by atoms with E-state index >= 15 is 0 Å². The molecule has 3 heterocycles. The highest BCUT2D eigenvalue weighted by Crippen LogP contribution is 2.29. The number of hydrogen-bond donors (Lipinski definition) is 1. The van der Waals surface area contributed by atoms with Crippen molar-refractivity contribution in [2.24, 2.45) is 0 Å². The Kier molecular flexibility index (Phi) is 4.07. The van der Waals surface area contributed by atoms with Gasteiger partial charge < -0.3 is 19.4 Å². The molecule has 0 bridgehead atoms. The molecule has 1 fully saturated rings. The Hall–Kier alpha value is -2.93. The molecule has 25 heavy (non-hydrogen) atoms. The predicted octanol–water partition coefficient (Wildman–Crippen LogP) is 2.25. The molecule has 1 aliphatic heterocycles. The number of pyridine rings is 1. The Morgan fingerprint density at radius 1 is 1.28 bits per heavy atom. The van der Waals surface area contributed by atoms with E-state index in [-0.39, 0.29) is 5.97 Å². The molecule has 0 amide bonds. The Morgan fingerprint density at radius 2 is 2.12 bits per heavy atom. The highest BCUT2D eigenvalue weighted by atomic mass is 16.5. The average molecular weight is 338 g/mol. The number of fused-ring (bicyclic) bond motifs is 1. The van der Waals surface area contributed by atoms with E-state index in [4.69, 9.17) is 9.47 Å². The van der Waals surface area contributed by atoms with Crippen LogP contribution in [-0.4, -0.2) is 54.3 Å². The van der Waals surface area contributed by atoms with Crippen LogP contribution in [0.15, 0.2) is 36.5 Å². The standard InChI is InChI=1S/C18H18N4O3/c1-24-18(23)12-4-5-14-15(11-12)21-16(20-14)13-3-2-6-19-17(13)22-7-9-25-10-8-22/h2-6,11H,7-10H2,1H3,(H,20,21). The zero-order valence-electron chi connectivity index (χ0n) is 13.9. The van der Waals surface area contributed by atoms with Gasteiger partial charge in [-0.1, -0.05) is 0 Å². The number of esters is 1. The molecular weight excluding hydrogens is 320 g/mol. The number of aromatic nitrogens is 3. The van der Waals surface area contributed by atoms with Crippen LogP contribution in [0.25, 0.3) is 22.4 Å². The van der Waals surface area contributed by atoms with Crippen LogP contribution in [-0.2, 0) is 9.47 Å². The summed E-state index contributed by atoms with van der Waals surface area (Å²) in [6.07, 6.45) is 1.78. The molecule has 0 aliphatic carbocycles. The number of carbonyl (C=O) groups is 1. The van der Waals surface area contributed by atoms with E-state index in [1.165, 1.54) is 7.11 Å². The normalized spacial score (nSPS) is 14.7. The summed E-state index contributed by atoms with van der Waals surface area (Å²) in [6, 6.07) is 9.17. The van der Waals surface area contributed by atoms with Gasteiger partial charge >= 0.3 is 5.97 Å². The smallest absolute Gasteiger partial charge is 0.337 e. The fourth-order valence-electron chi connectivity index (χ4n) is 2.99. The van der Waals surface area contributed by atoms with Gasteiger partial charge in [-0.05, 0) is 30.3 Å². The molecule has 1 saturated heterocycles. The van der Waals surface area contributed by atoms with E-state index in [1.54, 1.807) is 18.3 Å². The number of nitrogens with zero attached hydrogens (tertiary/aromatic N) is 3. The molecule has 0 radical (unpaired) electrons. The number of methoxy groups -OCH3 is 1. The van der Waals surface area contributed by atoms with E-state index in [9.17, 15) is 4.79 Å². The van der Waals surface area contributed by atoms with Crippen LogP contribution in [0.1, 0.15) is 10.4 Å². The van der Waals surface area contributed by atoms with Crippen molar-refractivity contribution >= 4 is 22.8 Å². The van der Waals surface area contributed by atoms with Crippen molar-refractivity contribution in [2.75, 3.05) is 38.3 Å². The molecule has 1 aromatic carbocycles. The van der Waals surface area contributed by atoms with E-state index in [2.05, 4.69) is 19.9 Å². The second-order valence-corrected chi connectivity index (χ2v) is 5.78. The van der Waals surface area contributed by atoms with Crippen molar-refractivity contribution in [1.29, 1.82) is 0 Å². The molecule has 0 atom stereocenters. The van der Waals surface area contributed by atoms with E-state index in [1.807, 2.05) is 18.2 Å². The summed E-state index contributed by atoms with van der Waals surface area (Å²) >= 11 is 0. The summed E-state index contributed by atoms with van der Waals surface area (Å²) in [5.74, 6) is 1.25. The molecule has 1 N–H and O–H groups in total. The maximum Gasteiger partial charge on any atom is 0.337 e. The first-order chi connectivity index (χ1) is 12.3. The van der Waals surface area contributed by atoms with E-state index in [0.29, 0.717) is 18.8 Å². The number of hydrogen-bond acceptors (Lipinski definition) is 6. The molecule has 1 aliphatic rings. The minimum Gasteiger partial charge on any atom is -0.465 e. The van der Waals surface area contributed by atoms with E-state index in [0.717, 1.165) is 41.3 Å². The second-order valence-electron chi connectivity index (χ2n) is 5.78. The number of ether oxygens (including phenoxy) is 2. The first-order valence-electron chi connectivity index (χ1n) is 8.12. The lowest BCUT2D eigenvalue weighted by molar-refractivity contribution is 0.0601. The van der Waals surface area contributed by atoms with Crippen LogP contribution in [0.3, 0.4) is 0 Å². The SMILES string of the molecule is COC(=O)c1ccc2nc(-c3cccnc3N3CCOCC3)[nH]c2c1. The number of aromatic amines is 1. The average Bonchev–Trinajstić information content (AvgIpc) is 3.11. The van der Waals surface area contributed by atoms with Crippen LogP contribution in [0, 0.1) is 0 Å². The van der Waals surface area contributed by atoms with Gasteiger partial charge in [-0.15, -0.1) is 0 Å². The first-order valence-corrected chi connectivity index (χ1v) is 8.12. The molecule has 7 heteroatoms. The number of morpholine rings is 1. The van der Waals surface area contributed by atoms with Crippen LogP contribution in [0.5, 0.6) is 0 Å². The first kappa shape index (κ1) is 15.6. The quantitative estimate of drug-likeness (QED) is 0.738. The second kappa shape index (κ2) is 6.52. The Bertz CT molecular complexity index is 916. The molecule has 128 valence electrons. The van der Waals surface area contributed by atoms with Crippen LogP contribution in [0.2, 0.25) is 0 Å². The highest BCUT2D eigenvalue weighted by molar-refractivity contribution is 5.94. The molecule has 4 rings (SSSR count). The van der Waals surface area contributed by atoms with Gasteiger partial charge in [0.1, 0.15) is 11.6 Å². The van der Waals surface area contributed by atoms with Gasteiger partial charge in [0.15, 0.2) is 0 Å². The Labute approximate surface area is 144 Å². The number of carbonyl (C=O) groups excluding carboxylic acids is 1. The molecule has 0 spiro atoms. The van der Waals surface area contributed by atoms with Gasteiger partial charge in [-0.25, -0.2) is 14.8 Å². The van der Waals surface area contributed by atoms with Gasteiger partial charge in [0.2, 0.25) is 0 Å². The summed E-state index contributed by atoms with van der Waals surface area (Å²) in [5, 5.41) is 0. The maximum absolute atomic E-state index is 11.7. The number of H-pyrrole nitrogens is 1. The summed E-state index contributed by atoms with van der Waals surface area (Å²) in [5.41, 5.74) is 3.00. The van der Waals surface area contributed by atoms with Crippen molar-refractivity contribution in [2.45, 2.75) is 0 Å². The number of imidazole rings is 1. The van der Waals surface area contributed by atoms with Crippen LogP contribution in [0.4, 0.5) is 5.82 Å². The molecule has 7 nitrogen and oxygen atoms in total. The van der Waals surface area contributed by atoms with Gasteiger partial charge in [0.05, 0.1) is 42.5 Å². The maximum atomic E-state index is 11.7. The minimum atomic E-state index is -0.367. The topological polar surface area (TPSA) is 80.3 Å².